The maximum absolute atomic E-state index is 11.7. The largest absolute Gasteiger partial charge is 0.457 e. The van der Waals surface area contributed by atoms with E-state index < -0.39 is 43.1 Å². The Labute approximate surface area is 170 Å². The molecule has 2 aromatic carbocycles. The van der Waals surface area contributed by atoms with Crippen molar-refractivity contribution in [1.82, 2.24) is 0 Å². The van der Waals surface area contributed by atoms with Gasteiger partial charge in [-0.15, -0.1) is 0 Å². The molecule has 0 aliphatic heterocycles. The van der Waals surface area contributed by atoms with Gasteiger partial charge < -0.3 is 29.9 Å². The Morgan fingerprint density at radius 2 is 1.45 bits per heavy atom. The van der Waals surface area contributed by atoms with Crippen LogP contribution in [0.15, 0.2) is 60.7 Å². The monoisotopic (exact) mass is 404 g/mol. The molecule has 2 aromatic rings. The summed E-state index contributed by atoms with van der Waals surface area (Å²) in [5.41, 5.74) is 1.77. The third-order valence-electron chi connectivity index (χ3n) is 4.52. The molecule has 0 aliphatic carbocycles. The molecule has 29 heavy (non-hydrogen) atoms. The molecule has 2 rings (SSSR count). The molecule has 0 saturated carbocycles. The van der Waals surface area contributed by atoms with Crippen molar-refractivity contribution in [2.24, 2.45) is 0 Å². The van der Waals surface area contributed by atoms with E-state index in [1.54, 1.807) is 0 Å². The van der Waals surface area contributed by atoms with Gasteiger partial charge in [-0.05, 0) is 11.1 Å². The van der Waals surface area contributed by atoms with Crippen LogP contribution < -0.4 is 0 Å². The van der Waals surface area contributed by atoms with Crippen LogP contribution in [-0.4, -0.2) is 63.5 Å². The molecular formula is C22H28O7. The highest BCUT2D eigenvalue weighted by atomic mass is 16.6. The first-order chi connectivity index (χ1) is 13.9. The topological polar surface area (TPSA) is 116 Å². The highest BCUT2D eigenvalue weighted by molar-refractivity contribution is 5.66. The minimum Gasteiger partial charge on any atom is -0.457 e. The molecule has 0 spiro atoms. The standard InChI is InChI=1S/C22H28O7/c1-15(24)29-22(21(27)20(26)18(25)13-23)19(12-16-8-4-2-5-9-16)28-14-17-10-6-3-7-11-17/h2-11,18-23,25-27H,12-14H2,1H3/t18-,19?,20-,21+,22+/m1/s1. The van der Waals surface area contributed by atoms with Gasteiger partial charge in [0.2, 0.25) is 0 Å². The average molecular weight is 404 g/mol. The zero-order chi connectivity index (χ0) is 21.2. The van der Waals surface area contributed by atoms with Crippen LogP contribution in [0.25, 0.3) is 0 Å². The van der Waals surface area contributed by atoms with E-state index in [0.29, 0.717) is 6.42 Å². The van der Waals surface area contributed by atoms with E-state index in [4.69, 9.17) is 14.6 Å². The SMILES string of the molecule is CC(=O)O[C@@H](C(Cc1ccccc1)OCc1ccccc1)[C@@H](O)[C@H](O)[C@H](O)CO. The van der Waals surface area contributed by atoms with Crippen LogP contribution in [0.5, 0.6) is 0 Å². The zero-order valence-corrected chi connectivity index (χ0v) is 16.3. The van der Waals surface area contributed by atoms with Crippen molar-refractivity contribution < 1.29 is 34.7 Å². The molecule has 0 amide bonds. The predicted molar refractivity (Wildman–Crippen MR) is 106 cm³/mol. The second-order valence-corrected chi connectivity index (χ2v) is 6.83. The number of hydrogen-bond acceptors (Lipinski definition) is 7. The van der Waals surface area contributed by atoms with E-state index >= 15 is 0 Å². The Balaban J connectivity index is 2.27. The molecule has 5 atom stereocenters. The number of hydrogen-bond donors (Lipinski definition) is 4. The van der Waals surface area contributed by atoms with Crippen LogP contribution >= 0.6 is 0 Å². The van der Waals surface area contributed by atoms with E-state index in [1.165, 1.54) is 6.92 Å². The summed E-state index contributed by atoms with van der Waals surface area (Å²) in [4.78, 5) is 11.7. The van der Waals surface area contributed by atoms with Crippen molar-refractivity contribution in [3.63, 3.8) is 0 Å². The van der Waals surface area contributed by atoms with Gasteiger partial charge in [-0.25, -0.2) is 0 Å². The number of carbonyl (C=O) groups excluding carboxylic acids is 1. The van der Waals surface area contributed by atoms with Crippen molar-refractivity contribution in [3.8, 4) is 0 Å². The van der Waals surface area contributed by atoms with Crippen LogP contribution in [-0.2, 0) is 27.3 Å². The zero-order valence-electron chi connectivity index (χ0n) is 16.3. The Morgan fingerprint density at radius 3 is 1.97 bits per heavy atom. The van der Waals surface area contributed by atoms with Gasteiger partial charge in [-0.2, -0.15) is 0 Å². The van der Waals surface area contributed by atoms with Gasteiger partial charge in [0.25, 0.3) is 0 Å². The van der Waals surface area contributed by atoms with Crippen molar-refractivity contribution in [2.75, 3.05) is 6.61 Å². The van der Waals surface area contributed by atoms with Crippen LogP contribution in [0.1, 0.15) is 18.1 Å². The normalized spacial score (nSPS) is 16.4. The lowest BCUT2D eigenvalue weighted by Gasteiger charge is -2.33. The molecule has 0 saturated heterocycles. The van der Waals surface area contributed by atoms with Gasteiger partial charge in [0, 0.05) is 13.3 Å². The molecule has 0 heterocycles. The number of aliphatic hydroxyl groups is 4. The summed E-state index contributed by atoms with van der Waals surface area (Å²) in [6.07, 6.45) is -6.74. The highest BCUT2D eigenvalue weighted by Gasteiger charge is 2.39. The Kier molecular flexibility index (Phi) is 9.24. The van der Waals surface area contributed by atoms with E-state index in [-0.39, 0.29) is 6.61 Å². The fraction of sp³-hybridized carbons (Fsp3) is 0.409. The molecule has 1 unspecified atom stereocenters. The summed E-state index contributed by atoms with van der Waals surface area (Å²) in [6, 6.07) is 18.7. The third-order valence-corrected chi connectivity index (χ3v) is 4.52. The fourth-order valence-corrected chi connectivity index (χ4v) is 2.98. The van der Waals surface area contributed by atoms with Gasteiger partial charge in [0.15, 0.2) is 6.10 Å². The summed E-state index contributed by atoms with van der Waals surface area (Å²) < 4.78 is 11.3. The molecule has 0 aromatic heterocycles. The van der Waals surface area contributed by atoms with E-state index in [1.807, 2.05) is 60.7 Å². The molecule has 4 N–H and O–H groups in total. The fourth-order valence-electron chi connectivity index (χ4n) is 2.98. The van der Waals surface area contributed by atoms with Crippen LogP contribution in [0, 0.1) is 0 Å². The molecule has 0 radical (unpaired) electrons. The number of carbonyl (C=O) groups is 1. The highest BCUT2D eigenvalue weighted by Crippen LogP contribution is 2.20. The minimum atomic E-state index is -1.72. The molecule has 0 bridgehead atoms. The van der Waals surface area contributed by atoms with Crippen molar-refractivity contribution in [3.05, 3.63) is 71.8 Å². The summed E-state index contributed by atoms with van der Waals surface area (Å²) in [5.74, 6) is -0.666. The molecule has 0 fully saturated rings. The van der Waals surface area contributed by atoms with Crippen LogP contribution in [0.3, 0.4) is 0 Å². The average Bonchev–Trinajstić information content (AvgIpc) is 2.74. The molecule has 7 heteroatoms. The Morgan fingerprint density at radius 1 is 0.897 bits per heavy atom. The first-order valence-corrected chi connectivity index (χ1v) is 9.44. The lowest BCUT2D eigenvalue weighted by Crippen LogP contribution is -2.52. The molecule has 158 valence electrons. The Bertz CT molecular complexity index is 722. The van der Waals surface area contributed by atoms with Crippen LogP contribution in [0.4, 0.5) is 0 Å². The number of benzene rings is 2. The van der Waals surface area contributed by atoms with Crippen molar-refractivity contribution >= 4 is 5.97 Å². The lowest BCUT2D eigenvalue weighted by atomic mass is 9.95. The second-order valence-electron chi connectivity index (χ2n) is 6.83. The first kappa shape index (κ1) is 23.0. The summed E-state index contributed by atoms with van der Waals surface area (Å²) in [7, 11) is 0. The maximum atomic E-state index is 11.7. The smallest absolute Gasteiger partial charge is 0.303 e. The number of aliphatic hydroxyl groups excluding tert-OH is 4. The van der Waals surface area contributed by atoms with Gasteiger partial charge in [0.05, 0.1) is 13.2 Å². The summed E-state index contributed by atoms with van der Waals surface area (Å²) in [5, 5.41) is 39.6. The van der Waals surface area contributed by atoms with E-state index in [9.17, 15) is 20.1 Å². The van der Waals surface area contributed by atoms with Crippen LogP contribution in [0.2, 0.25) is 0 Å². The van der Waals surface area contributed by atoms with E-state index in [0.717, 1.165) is 11.1 Å². The third kappa shape index (κ3) is 7.23. The predicted octanol–water partition coefficient (Wildman–Crippen LogP) is 0.821. The Hall–Kier alpha value is -2.29. The van der Waals surface area contributed by atoms with Crippen molar-refractivity contribution in [2.45, 2.75) is 50.5 Å². The van der Waals surface area contributed by atoms with Gasteiger partial charge >= 0.3 is 5.97 Å². The van der Waals surface area contributed by atoms with Gasteiger partial charge in [-0.3, -0.25) is 4.79 Å². The number of esters is 1. The van der Waals surface area contributed by atoms with Crippen molar-refractivity contribution in [1.29, 1.82) is 0 Å². The first-order valence-electron chi connectivity index (χ1n) is 9.44. The number of ether oxygens (including phenoxy) is 2. The molecule has 0 aliphatic rings. The molecule has 7 nitrogen and oxygen atoms in total. The number of rotatable bonds is 11. The second kappa shape index (κ2) is 11.6. The maximum Gasteiger partial charge on any atom is 0.303 e. The summed E-state index contributed by atoms with van der Waals surface area (Å²) in [6.45, 7) is 0.631. The summed E-state index contributed by atoms with van der Waals surface area (Å²) >= 11 is 0. The van der Waals surface area contributed by atoms with Gasteiger partial charge in [-0.1, -0.05) is 60.7 Å². The van der Waals surface area contributed by atoms with Gasteiger partial charge in [0.1, 0.15) is 24.4 Å². The molecular weight excluding hydrogens is 376 g/mol. The quantitative estimate of drug-likeness (QED) is 0.410. The van der Waals surface area contributed by atoms with E-state index in [2.05, 4.69) is 0 Å². The minimum absolute atomic E-state index is 0.196. The lowest BCUT2D eigenvalue weighted by molar-refractivity contribution is -0.185.